The van der Waals surface area contributed by atoms with Crippen LogP contribution in [-0.4, -0.2) is 10.1 Å². The molecule has 1 aromatic carbocycles. The maximum atomic E-state index is 5.81. The predicted octanol–water partition coefficient (Wildman–Crippen LogP) is 3.85. The number of halogens is 1. The minimum Gasteiger partial charge on any atom is -0.332 e. The summed E-state index contributed by atoms with van der Waals surface area (Å²) in [5.74, 6) is 0.754. The molecule has 0 radical (unpaired) electrons. The number of hydrogen-bond donors (Lipinski definition) is 2. The van der Waals surface area contributed by atoms with Crippen LogP contribution in [0.2, 0.25) is 5.02 Å². The molecule has 3 nitrogen and oxygen atoms in total. The highest BCUT2D eigenvalue weighted by Crippen LogP contribution is 2.14. The van der Waals surface area contributed by atoms with Crippen LogP contribution < -0.4 is 10.6 Å². The molecular formula is C13H12ClN3S. The molecule has 2 rings (SSSR count). The van der Waals surface area contributed by atoms with E-state index in [-0.39, 0.29) is 0 Å². The zero-order valence-electron chi connectivity index (χ0n) is 9.77. The van der Waals surface area contributed by atoms with Gasteiger partial charge in [-0.3, -0.25) is 0 Å². The third-order valence-electron chi connectivity index (χ3n) is 2.34. The number of rotatable bonds is 2. The molecule has 0 fully saturated rings. The topological polar surface area (TPSA) is 37.0 Å². The monoisotopic (exact) mass is 277 g/mol. The van der Waals surface area contributed by atoms with Gasteiger partial charge in [0.1, 0.15) is 5.82 Å². The van der Waals surface area contributed by atoms with Gasteiger partial charge in [0.25, 0.3) is 0 Å². The van der Waals surface area contributed by atoms with Crippen molar-refractivity contribution in [1.82, 2.24) is 4.98 Å². The fourth-order valence-electron chi connectivity index (χ4n) is 1.42. The van der Waals surface area contributed by atoms with E-state index in [0.717, 1.165) is 17.1 Å². The summed E-state index contributed by atoms with van der Waals surface area (Å²) in [5.41, 5.74) is 1.92. The van der Waals surface area contributed by atoms with Crippen LogP contribution >= 0.6 is 23.8 Å². The summed E-state index contributed by atoms with van der Waals surface area (Å²) >= 11 is 11.0. The summed E-state index contributed by atoms with van der Waals surface area (Å²) in [5, 5.41) is 7.31. The van der Waals surface area contributed by atoms with Crippen LogP contribution in [0.1, 0.15) is 5.56 Å². The molecule has 0 bridgehead atoms. The molecule has 0 aliphatic carbocycles. The van der Waals surface area contributed by atoms with Crippen molar-refractivity contribution in [2.24, 2.45) is 0 Å². The molecule has 18 heavy (non-hydrogen) atoms. The second kappa shape index (κ2) is 5.80. The first-order valence-electron chi connectivity index (χ1n) is 5.40. The lowest BCUT2D eigenvalue weighted by molar-refractivity contribution is 1.27. The second-order valence-electron chi connectivity index (χ2n) is 3.75. The fraction of sp³-hybridized carbons (Fsp3) is 0.0769. The molecule has 92 valence electrons. The maximum Gasteiger partial charge on any atom is 0.176 e. The van der Waals surface area contributed by atoms with Crippen molar-refractivity contribution >= 4 is 40.4 Å². The third-order valence-corrected chi connectivity index (χ3v) is 2.80. The second-order valence-corrected chi connectivity index (χ2v) is 4.60. The summed E-state index contributed by atoms with van der Waals surface area (Å²) in [7, 11) is 0. The molecule has 0 saturated heterocycles. The summed E-state index contributed by atoms with van der Waals surface area (Å²) in [4.78, 5) is 4.21. The molecule has 1 heterocycles. The van der Waals surface area contributed by atoms with E-state index in [9.17, 15) is 0 Å². The third kappa shape index (κ3) is 3.42. The van der Waals surface area contributed by atoms with Gasteiger partial charge in [-0.1, -0.05) is 17.7 Å². The van der Waals surface area contributed by atoms with Gasteiger partial charge in [0, 0.05) is 16.9 Å². The Bertz CT molecular complexity index is 554. The number of aryl methyl sites for hydroxylation is 1. The Morgan fingerprint density at radius 3 is 2.56 bits per heavy atom. The number of hydrogen-bond acceptors (Lipinski definition) is 2. The minimum absolute atomic E-state index is 0.499. The first kappa shape index (κ1) is 12.8. The number of nitrogens with zero attached hydrogens (tertiary/aromatic N) is 1. The molecule has 2 aromatic rings. The Morgan fingerprint density at radius 2 is 1.89 bits per heavy atom. The first-order valence-corrected chi connectivity index (χ1v) is 6.19. The molecule has 5 heteroatoms. The molecule has 0 saturated carbocycles. The average molecular weight is 278 g/mol. The zero-order chi connectivity index (χ0) is 13.0. The Labute approximate surface area is 116 Å². The smallest absolute Gasteiger partial charge is 0.176 e. The van der Waals surface area contributed by atoms with Crippen LogP contribution in [0, 0.1) is 6.92 Å². The van der Waals surface area contributed by atoms with E-state index in [1.807, 2.05) is 31.2 Å². The van der Waals surface area contributed by atoms with E-state index < -0.39 is 0 Å². The fourth-order valence-corrected chi connectivity index (χ4v) is 1.76. The van der Waals surface area contributed by atoms with Crippen molar-refractivity contribution in [3.63, 3.8) is 0 Å². The lowest BCUT2D eigenvalue weighted by Crippen LogP contribution is -2.20. The minimum atomic E-state index is 0.499. The Hall–Kier alpha value is -1.65. The normalized spacial score (nSPS) is 9.89. The lowest BCUT2D eigenvalue weighted by atomic mass is 10.3. The number of pyridine rings is 1. The summed E-state index contributed by atoms with van der Waals surface area (Å²) in [6, 6.07) is 11.2. The van der Waals surface area contributed by atoms with Crippen LogP contribution in [0.5, 0.6) is 0 Å². The molecular weight excluding hydrogens is 266 g/mol. The van der Waals surface area contributed by atoms with Gasteiger partial charge in [-0.15, -0.1) is 0 Å². The highest BCUT2D eigenvalue weighted by molar-refractivity contribution is 7.80. The van der Waals surface area contributed by atoms with Gasteiger partial charge in [0.15, 0.2) is 5.11 Å². The van der Waals surface area contributed by atoms with E-state index in [1.165, 1.54) is 0 Å². The highest BCUT2D eigenvalue weighted by Gasteiger charge is 2.02. The largest absolute Gasteiger partial charge is 0.332 e. The standard InChI is InChI=1S/C13H12ClN3S/c1-9-3-2-8-15-12(9)17-13(18)16-11-6-4-10(14)5-7-11/h2-8H,1H3,(H2,15,16,17,18). The molecule has 0 aliphatic rings. The molecule has 0 spiro atoms. The van der Waals surface area contributed by atoms with Gasteiger partial charge in [0.2, 0.25) is 0 Å². The molecule has 1 aromatic heterocycles. The molecule has 0 aliphatic heterocycles. The van der Waals surface area contributed by atoms with Crippen molar-refractivity contribution in [2.75, 3.05) is 10.6 Å². The summed E-state index contributed by atoms with van der Waals surface area (Å²) in [6.45, 7) is 1.97. The summed E-state index contributed by atoms with van der Waals surface area (Å²) < 4.78 is 0. The van der Waals surface area contributed by atoms with E-state index in [0.29, 0.717) is 10.1 Å². The number of aromatic nitrogens is 1. The van der Waals surface area contributed by atoms with Crippen LogP contribution in [0.3, 0.4) is 0 Å². The van der Waals surface area contributed by atoms with Crippen LogP contribution in [0.4, 0.5) is 11.5 Å². The van der Waals surface area contributed by atoms with Gasteiger partial charge in [-0.05, 0) is 55.0 Å². The molecule has 0 atom stereocenters. The van der Waals surface area contributed by atoms with E-state index >= 15 is 0 Å². The van der Waals surface area contributed by atoms with Gasteiger partial charge in [-0.2, -0.15) is 0 Å². The van der Waals surface area contributed by atoms with Gasteiger partial charge in [0.05, 0.1) is 0 Å². The van der Waals surface area contributed by atoms with Gasteiger partial charge < -0.3 is 10.6 Å². The maximum absolute atomic E-state index is 5.81. The Kier molecular flexibility index (Phi) is 4.12. The molecule has 0 amide bonds. The average Bonchev–Trinajstić information content (AvgIpc) is 2.35. The van der Waals surface area contributed by atoms with Crippen molar-refractivity contribution in [3.8, 4) is 0 Å². The first-order chi connectivity index (χ1) is 8.65. The van der Waals surface area contributed by atoms with Crippen LogP contribution in [0.15, 0.2) is 42.6 Å². The number of thiocarbonyl (C=S) groups is 1. The van der Waals surface area contributed by atoms with Crippen molar-refractivity contribution in [1.29, 1.82) is 0 Å². The number of benzene rings is 1. The van der Waals surface area contributed by atoms with E-state index in [1.54, 1.807) is 18.3 Å². The van der Waals surface area contributed by atoms with Crippen LogP contribution in [-0.2, 0) is 0 Å². The molecule has 0 unspecified atom stereocenters. The summed E-state index contributed by atoms with van der Waals surface area (Å²) in [6.07, 6.45) is 1.72. The predicted molar refractivity (Wildman–Crippen MR) is 80.3 cm³/mol. The zero-order valence-corrected chi connectivity index (χ0v) is 11.3. The SMILES string of the molecule is Cc1cccnc1NC(=S)Nc1ccc(Cl)cc1. The number of nitrogens with one attached hydrogen (secondary N) is 2. The van der Waals surface area contributed by atoms with Crippen LogP contribution in [0.25, 0.3) is 0 Å². The van der Waals surface area contributed by atoms with Gasteiger partial charge in [-0.25, -0.2) is 4.98 Å². The Morgan fingerprint density at radius 1 is 1.17 bits per heavy atom. The van der Waals surface area contributed by atoms with E-state index in [2.05, 4.69) is 15.6 Å². The van der Waals surface area contributed by atoms with Crippen molar-refractivity contribution < 1.29 is 0 Å². The molecule has 2 N–H and O–H groups in total. The lowest BCUT2D eigenvalue weighted by Gasteiger charge is -2.11. The highest BCUT2D eigenvalue weighted by atomic mass is 35.5. The Balaban J connectivity index is 2.01. The quantitative estimate of drug-likeness (QED) is 0.818. The van der Waals surface area contributed by atoms with E-state index in [4.69, 9.17) is 23.8 Å². The van der Waals surface area contributed by atoms with Crippen molar-refractivity contribution in [2.45, 2.75) is 6.92 Å². The van der Waals surface area contributed by atoms with Gasteiger partial charge >= 0.3 is 0 Å². The van der Waals surface area contributed by atoms with Crippen molar-refractivity contribution in [3.05, 3.63) is 53.2 Å². The number of anilines is 2.